The smallest absolute Gasteiger partial charge is 0.293 e. The molecule has 0 atom stereocenters. The maximum absolute atomic E-state index is 12.6. The molecule has 0 bridgehead atoms. The van der Waals surface area contributed by atoms with Gasteiger partial charge in [0.2, 0.25) is 0 Å². The van der Waals surface area contributed by atoms with E-state index in [9.17, 15) is 14.9 Å². The Morgan fingerprint density at radius 2 is 1.62 bits per heavy atom. The number of benzene rings is 3. The van der Waals surface area contributed by atoms with Crippen molar-refractivity contribution in [1.29, 1.82) is 0 Å². The number of nitrogens with one attached hydrogen (secondary N) is 2. The van der Waals surface area contributed by atoms with Gasteiger partial charge in [-0.2, -0.15) is 0 Å². The van der Waals surface area contributed by atoms with Crippen molar-refractivity contribution in [3.63, 3.8) is 0 Å². The second-order valence-electron chi connectivity index (χ2n) is 7.64. The van der Waals surface area contributed by atoms with E-state index in [-0.39, 0.29) is 16.4 Å². The van der Waals surface area contributed by atoms with Gasteiger partial charge in [0.15, 0.2) is 5.11 Å². The van der Waals surface area contributed by atoms with Crippen LogP contribution in [0.25, 0.3) is 0 Å². The first-order valence-corrected chi connectivity index (χ1v) is 11.4. The molecule has 0 spiro atoms. The first-order valence-electron chi connectivity index (χ1n) is 10.6. The van der Waals surface area contributed by atoms with E-state index in [1.54, 1.807) is 60.7 Å². The van der Waals surface area contributed by atoms with Gasteiger partial charge in [-0.15, -0.1) is 0 Å². The number of thiocarbonyl (C=S) groups is 1. The molecule has 2 N–H and O–H groups in total. The van der Waals surface area contributed by atoms with E-state index in [0.717, 1.165) is 25.9 Å². The molecule has 34 heavy (non-hydrogen) atoms. The zero-order valence-corrected chi connectivity index (χ0v) is 19.6. The molecule has 10 heteroatoms. The van der Waals surface area contributed by atoms with Gasteiger partial charge in [0, 0.05) is 35.4 Å². The van der Waals surface area contributed by atoms with Crippen LogP contribution in [0, 0.1) is 10.1 Å². The van der Waals surface area contributed by atoms with E-state index >= 15 is 0 Å². The molecule has 1 aliphatic heterocycles. The number of nitro benzene ring substituents is 1. The van der Waals surface area contributed by atoms with Gasteiger partial charge in [-0.05, 0) is 85.7 Å². The molecule has 0 aliphatic carbocycles. The molecular formula is C24H21ClN4O4S. The van der Waals surface area contributed by atoms with Crippen LogP contribution in [0.15, 0.2) is 66.7 Å². The standard InChI is InChI=1S/C24H21ClN4O4S/c25-17-4-8-19(9-5-17)33-20-10-6-18(7-11-20)26-24(34)27-23(30)16-3-12-21(22(15-16)29(31)32)28-13-1-2-14-28/h3-12,15H,1-2,13-14H2,(H2,26,27,30,34). The molecule has 0 aromatic heterocycles. The van der Waals surface area contributed by atoms with Gasteiger partial charge in [0.1, 0.15) is 17.2 Å². The number of amides is 1. The summed E-state index contributed by atoms with van der Waals surface area (Å²) in [7, 11) is 0. The highest BCUT2D eigenvalue weighted by Crippen LogP contribution is 2.31. The summed E-state index contributed by atoms with van der Waals surface area (Å²) in [5.41, 5.74) is 1.24. The largest absolute Gasteiger partial charge is 0.457 e. The molecule has 1 amide bonds. The lowest BCUT2D eigenvalue weighted by Gasteiger charge is -2.18. The number of anilines is 2. The summed E-state index contributed by atoms with van der Waals surface area (Å²) >= 11 is 11.1. The maximum Gasteiger partial charge on any atom is 0.293 e. The topological polar surface area (TPSA) is 96.7 Å². The van der Waals surface area contributed by atoms with Gasteiger partial charge in [0.25, 0.3) is 11.6 Å². The Morgan fingerprint density at radius 1 is 1.00 bits per heavy atom. The Morgan fingerprint density at radius 3 is 2.24 bits per heavy atom. The second-order valence-corrected chi connectivity index (χ2v) is 8.49. The normalized spacial score (nSPS) is 12.8. The highest BCUT2D eigenvalue weighted by molar-refractivity contribution is 7.80. The molecule has 0 unspecified atom stereocenters. The minimum Gasteiger partial charge on any atom is -0.457 e. The number of rotatable bonds is 6. The zero-order chi connectivity index (χ0) is 24.1. The number of hydrogen-bond acceptors (Lipinski definition) is 6. The summed E-state index contributed by atoms with van der Waals surface area (Å²) in [5, 5.41) is 17.7. The lowest BCUT2D eigenvalue weighted by molar-refractivity contribution is -0.384. The minimum atomic E-state index is -0.531. The zero-order valence-electron chi connectivity index (χ0n) is 18.0. The predicted octanol–water partition coefficient (Wildman–Crippen LogP) is 5.77. The predicted molar refractivity (Wildman–Crippen MR) is 136 cm³/mol. The van der Waals surface area contributed by atoms with Crippen molar-refractivity contribution in [3.8, 4) is 11.5 Å². The fraction of sp³-hybridized carbons (Fsp3) is 0.167. The maximum atomic E-state index is 12.6. The van der Waals surface area contributed by atoms with Gasteiger partial charge < -0.3 is 15.0 Å². The van der Waals surface area contributed by atoms with Gasteiger partial charge in [-0.25, -0.2) is 0 Å². The third-order valence-corrected chi connectivity index (χ3v) is 5.73. The highest BCUT2D eigenvalue weighted by Gasteiger charge is 2.24. The minimum absolute atomic E-state index is 0.0719. The van der Waals surface area contributed by atoms with Gasteiger partial charge >= 0.3 is 0 Å². The molecule has 0 radical (unpaired) electrons. The molecule has 4 rings (SSSR count). The summed E-state index contributed by atoms with van der Waals surface area (Å²) < 4.78 is 5.75. The van der Waals surface area contributed by atoms with Gasteiger partial charge in [-0.1, -0.05) is 11.6 Å². The number of nitrogens with zero attached hydrogens (tertiary/aromatic N) is 2. The van der Waals surface area contributed by atoms with Crippen LogP contribution in [-0.2, 0) is 0 Å². The van der Waals surface area contributed by atoms with Crippen molar-refractivity contribution in [2.45, 2.75) is 12.8 Å². The van der Waals surface area contributed by atoms with E-state index in [1.807, 2.05) is 4.90 Å². The molecule has 8 nitrogen and oxygen atoms in total. The molecule has 1 saturated heterocycles. The number of carbonyl (C=O) groups is 1. The summed E-state index contributed by atoms with van der Waals surface area (Å²) in [4.78, 5) is 25.7. The Hall–Kier alpha value is -3.69. The Labute approximate surface area is 206 Å². The van der Waals surface area contributed by atoms with E-state index in [4.69, 9.17) is 28.6 Å². The van der Waals surface area contributed by atoms with Crippen molar-refractivity contribution >= 4 is 51.9 Å². The molecule has 1 aliphatic rings. The van der Waals surface area contributed by atoms with Crippen LogP contribution in [0.4, 0.5) is 17.1 Å². The second kappa shape index (κ2) is 10.5. The summed E-state index contributed by atoms with van der Waals surface area (Å²) in [6, 6.07) is 18.5. The van der Waals surface area contributed by atoms with E-state index < -0.39 is 10.8 Å². The fourth-order valence-corrected chi connectivity index (χ4v) is 3.96. The molecule has 174 valence electrons. The van der Waals surface area contributed by atoms with Crippen LogP contribution in [0.5, 0.6) is 11.5 Å². The molecule has 0 saturated carbocycles. The van der Waals surface area contributed by atoms with E-state index in [1.165, 1.54) is 6.07 Å². The monoisotopic (exact) mass is 496 g/mol. The number of halogens is 1. The van der Waals surface area contributed by atoms with E-state index in [0.29, 0.717) is 27.9 Å². The summed E-state index contributed by atoms with van der Waals surface area (Å²) in [5.74, 6) is 0.738. The molecular weight excluding hydrogens is 476 g/mol. The van der Waals surface area contributed by atoms with Gasteiger partial charge in [0.05, 0.1) is 4.92 Å². The first kappa shape index (κ1) is 23.5. The third kappa shape index (κ3) is 5.81. The lowest BCUT2D eigenvalue weighted by atomic mass is 10.1. The van der Waals surface area contributed by atoms with Crippen LogP contribution in [-0.4, -0.2) is 29.0 Å². The van der Waals surface area contributed by atoms with Crippen LogP contribution < -0.4 is 20.3 Å². The summed E-state index contributed by atoms with van der Waals surface area (Å²) in [6.45, 7) is 1.54. The first-order chi connectivity index (χ1) is 16.4. The average Bonchev–Trinajstić information content (AvgIpc) is 3.36. The van der Waals surface area contributed by atoms with E-state index in [2.05, 4.69) is 10.6 Å². The fourth-order valence-electron chi connectivity index (χ4n) is 3.62. The molecule has 3 aromatic rings. The van der Waals surface area contributed by atoms with Crippen molar-refractivity contribution in [2.24, 2.45) is 0 Å². The van der Waals surface area contributed by atoms with Crippen molar-refractivity contribution in [1.82, 2.24) is 5.32 Å². The quantitative estimate of drug-likeness (QED) is 0.254. The number of hydrogen-bond donors (Lipinski definition) is 2. The highest BCUT2D eigenvalue weighted by atomic mass is 35.5. The molecule has 1 heterocycles. The average molecular weight is 497 g/mol. The number of nitro groups is 1. The summed E-state index contributed by atoms with van der Waals surface area (Å²) in [6.07, 6.45) is 1.99. The number of ether oxygens (including phenoxy) is 1. The lowest BCUT2D eigenvalue weighted by Crippen LogP contribution is -2.34. The Bertz CT molecular complexity index is 1210. The Kier molecular flexibility index (Phi) is 7.24. The van der Waals surface area contributed by atoms with Crippen molar-refractivity contribution in [3.05, 3.63) is 87.4 Å². The van der Waals surface area contributed by atoms with Gasteiger partial charge in [-0.3, -0.25) is 20.2 Å². The Balaban J connectivity index is 1.37. The van der Waals surface area contributed by atoms with Crippen LogP contribution >= 0.6 is 23.8 Å². The van der Waals surface area contributed by atoms with Crippen molar-refractivity contribution in [2.75, 3.05) is 23.3 Å². The molecule has 3 aromatic carbocycles. The van der Waals surface area contributed by atoms with Crippen LogP contribution in [0.1, 0.15) is 23.2 Å². The molecule has 1 fully saturated rings. The third-order valence-electron chi connectivity index (χ3n) is 5.27. The van der Waals surface area contributed by atoms with Crippen LogP contribution in [0.3, 0.4) is 0 Å². The van der Waals surface area contributed by atoms with Crippen LogP contribution in [0.2, 0.25) is 5.02 Å². The van der Waals surface area contributed by atoms with Crippen molar-refractivity contribution < 1.29 is 14.5 Å². The SMILES string of the molecule is O=C(NC(=S)Nc1ccc(Oc2ccc(Cl)cc2)cc1)c1ccc(N2CCCC2)c([N+](=O)[O-])c1. The number of carbonyl (C=O) groups excluding carboxylic acids is 1.